The smallest absolute Gasteiger partial charge is 0.251 e. The predicted molar refractivity (Wildman–Crippen MR) is 138 cm³/mol. The Morgan fingerprint density at radius 1 is 1.03 bits per heavy atom. The minimum atomic E-state index is -0.195. The molecule has 3 aromatic rings. The third-order valence-electron chi connectivity index (χ3n) is 5.66. The Labute approximate surface area is 208 Å². The molecule has 0 aromatic heterocycles. The van der Waals surface area contributed by atoms with Crippen LogP contribution < -0.4 is 5.32 Å². The van der Waals surface area contributed by atoms with Gasteiger partial charge in [0.2, 0.25) is 5.91 Å². The highest BCUT2D eigenvalue weighted by Crippen LogP contribution is 2.38. The van der Waals surface area contributed by atoms with E-state index < -0.39 is 0 Å². The molecular weight excluding hydrogens is 467 g/mol. The first-order valence-corrected chi connectivity index (χ1v) is 13.5. The Bertz CT molecular complexity index is 1110. The van der Waals surface area contributed by atoms with Gasteiger partial charge in [-0.15, -0.1) is 11.8 Å². The van der Waals surface area contributed by atoms with Crippen molar-refractivity contribution in [3.05, 3.63) is 107 Å². The molecule has 1 N–H and O–H groups in total. The number of nitrogens with one attached hydrogen (secondary N) is 1. The molecule has 1 aliphatic rings. The van der Waals surface area contributed by atoms with Crippen LogP contribution in [0.2, 0.25) is 0 Å². The van der Waals surface area contributed by atoms with Crippen LogP contribution in [0.1, 0.15) is 32.4 Å². The average Bonchev–Trinajstić information content (AvgIpc) is 3.24. The zero-order valence-corrected chi connectivity index (χ0v) is 20.4. The molecule has 1 atom stereocenters. The van der Waals surface area contributed by atoms with E-state index in [0.717, 1.165) is 12.0 Å². The fraction of sp³-hybridized carbons (Fsp3) is 0.259. The SMILES string of the molecule is O=C(NCCSCc1ccccc1F)c1ccc([C@H]2SCC(=O)N2CCc2ccccc2)cc1. The van der Waals surface area contributed by atoms with Crippen molar-refractivity contribution in [1.82, 2.24) is 10.2 Å². The number of nitrogens with zero attached hydrogens (tertiary/aromatic N) is 1. The van der Waals surface area contributed by atoms with Crippen LogP contribution in [0.3, 0.4) is 0 Å². The number of hydrogen-bond acceptors (Lipinski definition) is 4. The lowest BCUT2D eigenvalue weighted by Crippen LogP contribution is -2.30. The lowest BCUT2D eigenvalue weighted by atomic mass is 10.1. The van der Waals surface area contributed by atoms with E-state index in [4.69, 9.17) is 0 Å². The van der Waals surface area contributed by atoms with Gasteiger partial charge in [0.15, 0.2) is 0 Å². The molecule has 1 fully saturated rings. The molecule has 0 aliphatic carbocycles. The number of halogens is 1. The highest BCUT2D eigenvalue weighted by molar-refractivity contribution is 8.00. The van der Waals surface area contributed by atoms with E-state index >= 15 is 0 Å². The number of hydrogen-bond donors (Lipinski definition) is 1. The summed E-state index contributed by atoms with van der Waals surface area (Å²) in [5.74, 6) is 1.59. The van der Waals surface area contributed by atoms with Crippen LogP contribution in [-0.2, 0) is 17.0 Å². The molecule has 1 saturated heterocycles. The van der Waals surface area contributed by atoms with E-state index in [2.05, 4.69) is 17.4 Å². The average molecular weight is 495 g/mol. The summed E-state index contributed by atoms with van der Waals surface area (Å²) in [4.78, 5) is 26.9. The monoisotopic (exact) mass is 494 g/mol. The van der Waals surface area contributed by atoms with Crippen molar-refractivity contribution in [2.24, 2.45) is 0 Å². The molecular formula is C27H27FN2O2S2. The minimum Gasteiger partial charge on any atom is -0.351 e. The maximum atomic E-state index is 13.7. The molecule has 7 heteroatoms. The van der Waals surface area contributed by atoms with Crippen LogP contribution in [0.25, 0.3) is 0 Å². The molecule has 34 heavy (non-hydrogen) atoms. The van der Waals surface area contributed by atoms with Crippen LogP contribution >= 0.6 is 23.5 Å². The second-order valence-electron chi connectivity index (χ2n) is 8.01. The number of benzene rings is 3. The molecule has 3 aromatic carbocycles. The van der Waals surface area contributed by atoms with Gasteiger partial charge < -0.3 is 10.2 Å². The van der Waals surface area contributed by atoms with Gasteiger partial charge in [-0.05, 0) is 41.3 Å². The summed E-state index contributed by atoms with van der Waals surface area (Å²) in [5.41, 5.74) is 3.51. The summed E-state index contributed by atoms with van der Waals surface area (Å²) in [7, 11) is 0. The molecule has 176 valence electrons. The molecule has 4 nitrogen and oxygen atoms in total. The van der Waals surface area contributed by atoms with Crippen LogP contribution in [0, 0.1) is 5.82 Å². The van der Waals surface area contributed by atoms with Crippen molar-refractivity contribution in [1.29, 1.82) is 0 Å². The van der Waals surface area contributed by atoms with Gasteiger partial charge in [-0.2, -0.15) is 11.8 Å². The van der Waals surface area contributed by atoms with Crippen molar-refractivity contribution < 1.29 is 14.0 Å². The quantitative estimate of drug-likeness (QED) is 0.388. The maximum absolute atomic E-state index is 13.7. The summed E-state index contributed by atoms with van der Waals surface area (Å²) in [6.07, 6.45) is 0.819. The Hall–Kier alpha value is -2.77. The van der Waals surface area contributed by atoms with Crippen LogP contribution in [0.15, 0.2) is 78.9 Å². The van der Waals surface area contributed by atoms with Gasteiger partial charge in [-0.1, -0.05) is 60.7 Å². The van der Waals surface area contributed by atoms with Crippen molar-refractivity contribution in [2.75, 3.05) is 24.6 Å². The van der Waals surface area contributed by atoms with Crippen LogP contribution in [0.4, 0.5) is 4.39 Å². The molecule has 2 amide bonds. The van der Waals surface area contributed by atoms with Gasteiger partial charge in [-0.3, -0.25) is 9.59 Å². The van der Waals surface area contributed by atoms with Gasteiger partial charge >= 0.3 is 0 Å². The Kier molecular flexibility index (Phi) is 8.66. The third-order valence-corrected chi connectivity index (χ3v) is 7.92. The predicted octanol–water partition coefficient (Wildman–Crippen LogP) is 5.31. The van der Waals surface area contributed by atoms with Crippen molar-refractivity contribution in [3.63, 3.8) is 0 Å². The van der Waals surface area contributed by atoms with Crippen LogP contribution in [0.5, 0.6) is 0 Å². The molecule has 0 bridgehead atoms. The van der Waals surface area contributed by atoms with E-state index in [9.17, 15) is 14.0 Å². The van der Waals surface area contributed by atoms with E-state index in [1.165, 1.54) is 11.6 Å². The molecule has 0 radical (unpaired) electrons. The Morgan fingerprint density at radius 3 is 2.53 bits per heavy atom. The molecule has 0 spiro atoms. The largest absolute Gasteiger partial charge is 0.351 e. The molecule has 4 rings (SSSR count). The number of carbonyl (C=O) groups excluding carboxylic acids is 2. The van der Waals surface area contributed by atoms with Crippen molar-refractivity contribution in [2.45, 2.75) is 17.5 Å². The van der Waals surface area contributed by atoms with Gasteiger partial charge in [0, 0.05) is 30.2 Å². The Morgan fingerprint density at radius 2 is 1.76 bits per heavy atom. The number of amides is 2. The summed E-state index contributed by atoms with van der Waals surface area (Å²) in [6.45, 7) is 1.19. The third kappa shape index (κ3) is 6.42. The van der Waals surface area contributed by atoms with E-state index in [1.807, 2.05) is 53.4 Å². The van der Waals surface area contributed by atoms with E-state index in [-0.39, 0.29) is 23.0 Å². The highest BCUT2D eigenvalue weighted by Gasteiger charge is 2.32. The van der Waals surface area contributed by atoms with Gasteiger partial charge in [0.25, 0.3) is 5.91 Å². The zero-order chi connectivity index (χ0) is 23.8. The molecule has 1 aliphatic heterocycles. The van der Waals surface area contributed by atoms with Crippen LogP contribution in [-0.4, -0.2) is 41.3 Å². The molecule has 1 heterocycles. The zero-order valence-electron chi connectivity index (χ0n) is 18.8. The van der Waals surface area contributed by atoms with Gasteiger partial charge in [0.1, 0.15) is 11.2 Å². The van der Waals surface area contributed by atoms with Crippen molar-refractivity contribution in [3.8, 4) is 0 Å². The summed E-state index contributed by atoms with van der Waals surface area (Å²) in [6, 6.07) is 24.4. The van der Waals surface area contributed by atoms with Crippen molar-refractivity contribution >= 4 is 35.3 Å². The summed E-state index contributed by atoms with van der Waals surface area (Å²) < 4.78 is 13.7. The number of thioether (sulfide) groups is 2. The Balaban J connectivity index is 1.25. The fourth-order valence-electron chi connectivity index (χ4n) is 3.80. The minimum absolute atomic E-state index is 0.0249. The standard InChI is InChI=1S/C27H27FN2O2S2/c28-24-9-5-4-8-23(24)18-33-17-15-29-26(32)21-10-12-22(13-11-21)27-30(25(31)19-34-27)16-14-20-6-2-1-3-7-20/h1-13,27H,14-19H2,(H,29,32)/t27-/m1/s1. The van der Waals surface area contributed by atoms with Gasteiger partial charge in [-0.25, -0.2) is 4.39 Å². The number of carbonyl (C=O) groups is 2. The van der Waals surface area contributed by atoms with E-state index in [1.54, 1.807) is 35.7 Å². The highest BCUT2D eigenvalue weighted by atomic mass is 32.2. The lowest BCUT2D eigenvalue weighted by molar-refractivity contribution is -0.128. The number of rotatable bonds is 10. The first-order chi connectivity index (χ1) is 16.6. The summed E-state index contributed by atoms with van der Waals surface area (Å²) >= 11 is 3.21. The molecule has 0 unspecified atom stereocenters. The fourth-order valence-corrected chi connectivity index (χ4v) is 5.87. The first-order valence-electron chi connectivity index (χ1n) is 11.3. The first kappa shape index (κ1) is 24.4. The lowest BCUT2D eigenvalue weighted by Gasteiger charge is -2.24. The second-order valence-corrected chi connectivity index (χ2v) is 10.2. The molecule has 0 saturated carbocycles. The summed E-state index contributed by atoms with van der Waals surface area (Å²) in [5, 5.41) is 2.89. The topological polar surface area (TPSA) is 49.4 Å². The second kappa shape index (κ2) is 12.1. The normalized spacial score (nSPS) is 15.5. The van der Waals surface area contributed by atoms with Gasteiger partial charge in [0.05, 0.1) is 5.75 Å². The van der Waals surface area contributed by atoms with E-state index in [0.29, 0.717) is 41.5 Å². The maximum Gasteiger partial charge on any atom is 0.251 e.